The fraction of sp³-hybridized carbons (Fsp3) is 0.286. The number of aromatic carboxylic acids is 1. The molecule has 190 valence electrons. The Labute approximate surface area is 214 Å². The molecule has 0 radical (unpaired) electrons. The maximum atomic E-state index is 11.3. The fourth-order valence-electron chi connectivity index (χ4n) is 5.45. The Bertz CT molecular complexity index is 1610. The summed E-state index contributed by atoms with van der Waals surface area (Å²) in [5, 5.41) is 21.5. The molecule has 0 bridgehead atoms. The summed E-state index contributed by atoms with van der Waals surface area (Å²) in [7, 11) is 0. The van der Waals surface area contributed by atoms with Crippen LogP contribution in [0.25, 0.3) is 27.3 Å². The number of quaternary nitrogens is 1. The highest BCUT2D eigenvalue weighted by Gasteiger charge is 2.25. The van der Waals surface area contributed by atoms with E-state index in [-0.39, 0.29) is 11.8 Å². The summed E-state index contributed by atoms with van der Waals surface area (Å²) in [4.78, 5) is 21.1. The van der Waals surface area contributed by atoms with Gasteiger partial charge < -0.3 is 21.0 Å². The Hall–Kier alpha value is -4.08. The fourth-order valence-corrected chi connectivity index (χ4v) is 5.45. The number of aromatic nitrogens is 4. The smallest absolute Gasteiger partial charge is 0.136 e. The minimum atomic E-state index is -1.32. The van der Waals surface area contributed by atoms with Gasteiger partial charge in [-0.25, -0.2) is 4.52 Å². The van der Waals surface area contributed by atoms with Crippen molar-refractivity contribution >= 4 is 39.0 Å². The molecule has 4 N–H and O–H groups in total. The first-order chi connectivity index (χ1) is 17.5. The van der Waals surface area contributed by atoms with Crippen molar-refractivity contribution in [2.24, 2.45) is 0 Å². The standard InChI is InChI=1S/C28H28N6O2.H3N/c1-18-9-10-22-23(29-18)6-4-7-24(22)33-16-15-32(19(2)17-33)14-13-20-5-3-8-25-21(20)11-12-26-27(28(35)36)30-31-34(25)26;/h3-12,19H,13-17H2,1-2H3,(H,35,36);1H3/t19-;/m1./s1. The lowest BCUT2D eigenvalue weighted by atomic mass is 10.0. The summed E-state index contributed by atoms with van der Waals surface area (Å²) in [6.07, 6.45) is 0.896. The van der Waals surface area contributed by atoms with Gasteiger partial charge in [-0.1, -0.05) is 29.5 Å². The van der Waals surface area contributed by atoms with Crippen LogP contribution in [-0.2, 0) is 6.42 Å². The maximum Gasteiger partial charge on any atom is 0.136 e. The molecule has 0 aliphatic carbocycles. The van der Waals surface area contributed by atoms with Gasteiger partial charge in [0.15, 0.2) is 0 Å². The zero-order chi connectivity index (χ0) is 24.8. The highest BCUT2D eigenvalue weighted by molar-refractivity contribution is 5.95. The number of hydrogen-bond donors (Lipinski definition) is 1. The highest BCUT2D eigenvalue weighted by Crippen LogP contribution is 2.28. The topological polar surface area (TPSA) is 126 Å². The molecule has 4 heterocycles. The van der Waals surface area contributed by atoms with E-state index in [1.807, 2.05) is 25.1 Å². The van der Waals surface area contributed by atoms with Gasteiger partial charge in [-0.2, -0.15) is 0 Å². The maximum absolute atomic E-state index is 11.3. The van der Waals surface area contributed by atoms with E-state index in [0.29, 0.717) is 11.6 Å². The second-order valence-corrected chi connectivity index (χ2v) is 9.58. The molecule has 0 saturated carbocycles. The molecule has 0 amide bonds. The zero-order valence-electron chi connectivity index (χ0n) is 21.4. The van der Waals surface area contributed by atoms with Crippen LogP contribution < -0.4 is 16.2 Å². The molecule has 1 saturated heterocycles. The van der Waals surface area contributed by atoms with Crippen LogP contribution in [0, 0.1) is 6.92 Å². The summed E-state index contributed by atoms with van der Waals surface area (Å²) in [5.74, 6) is -1.32. The van der Waals surface area contributed by atoms with E-state index >= 15 is 0 Å². The minimum absolute atomic E-state index is 0. The number of pyridine rings is 2. The molecule has 5 aromatic rings. The van der Waals surface area contributed by atoms with Gasteiger partial charge in [0.05, 0.1) is 22.5 Å². The lowest BCUT2D eigenvalue weighted by Gasteiger charge is -2.41. The number of carboxylic acid groups (broad SMARTS) is 1. The van der Waals surface area contributed by atoms with Gasteiger partial charge in [-0.3, -0.25) is 9.88 Å². The molecule has 1 atom stereocenters. The Balaban J connectivity index is 0.00000280. The molecule has 1 aliphatic rings. The van der Waals surface area contributed by atoms with E-state index in [1.54, 1.807) is 10.6 Å². The highest BCUT2D eigenvalue weighted by atomic mass is 16.4. The Kier molecular flexibility index (Phi) is 6.49. The van der Waals surface area contributed by atoms with E-state index in [4.69, 9.17) is 4.98 Å². The van der Waals surface area contributed by atoms with Gasteiger partial charge in [-0.05, 0) is 62.2 Å². The largest absolute Gasteiger partial charge is 0.543 e. The third-order valence-corrected chi connectivity index (χ3v) is 7.33. The summed E-state index contributed by atoms with van der Waals surface area (Å²) in [5.41, 5.74) is 5.72. The average molecular weight is 498 g/mol. The van der Waals surface area contributed by atoms with Gasteiger partial charge >= 0.3 is 0 Å². The summed E-state index contributed by atoms with van der Waals surface area (Å²) >= 11 is 0. The molecular formula is C28H31N7O2. The number of piperazine rings is 1. The summed E-state index contributed by atoms with van der Waals surface area (Å²) in [6.45, 7) is 8.20. The first-order valence-corrected chi connectivity index (χ1v) is 12.3. The number of benzene rings is 2. The van der Waals surface area contributed by atoms with Crippen LogP contribution in [0.3, 0.4) is 0 Å². The molecule has 9 nitrogen and oxygen atoms in total. The molecular weight excluding hydrogens is 466 g/mol. The van der Waals surface area contributed by atoms with E-state index in [1.165, 1.54) is 16.6 Å². The van der Waals surface area contributed by atoms with Crippen molar-refractivity contribution in [2.45, 2.75) is 26.3 Å². The van der Waals surface area contributed by atoms with E-state index in [0.717, 1.165) is 54.7 Å². The van der Waals surface area contributed by atoms with Gasteiger partial charge in [0.2, 0.25) is 0 Å². The van der Waals surface area contributed by atoms with E-state index < -0.39 is 5.97 Å². The first kappa shape index (κ1) is 24.6. The monoisotopic (exact) mass is 497 g/mol. The van der Waals surface area contributed by atoms with E-state index in [9.17, 15) is 9.90 Å². The SMILES string of the molecule is Cc1ccc2c(N3CCN(CCc4cccc5c4ccc4c(C(=O)[O-])nnn45)[C@H](C)C3)cccc2n1.[NH4+]. The second-order valence-electron chi connectivity index (χ2n) is 9.58. The average Bonchev–Trinajstić information content (AvgIpc) is 3.32. The van der Waals surface area contributed by atoms with Crippen molar-refractivity contribution in [1.29, 1.82) is 0 Å². The minimum Gasteiger partial charge on any atom is -0.543 e. The third kappa shape index (κ3) is 4.36. The molecule has 0 unspecified atom stereocenters. The Morgan fingerprint density at radius 1 is 1.00 bits per heavy atom. The quantitative estimate of drug-likeness (QED) is 0.395. The van der Waals surface area contributed by atoms with Crippen molar-refractivity contribution in [3.05, 3.63) is 77.6 Å². The number of nitrogens with zero attached hydrogens (tertiary/aromatic N) is 6. The second kappa shape index (κ2) is 9.76. The van der Waals surface area contributed by atoms with Crippen molar-refractivity contribution in [2.75, 3.05) is 31.1 Å². The summed E-state index contributed by atoms with van der Waals surface area (Å²) < 4.78 is 1.59. The predicted octanol–water partition coefficient (Wildman–Crippen LogP) is 3.23. The van der Waals surface area contributed by atoms with Gasteiger partial charge in [0, 0.05) is 54.4 Å². The number of fused-ring (bicyclic) bond motifs is 4. The molecule has 37 heavy (non-hydrogen) atoms. The summed E-state index contributed by atoms with van der Waals surface area (Å²) in [6, 6.07) is 20.9. The van der Waals surface area contributed by atoms with Crippen molar-refractivity contribution in [1.82, 2.24) is 30.9 Å². The number of hydrogen-bond acceptors (Lipinski definition) is 7. The normalized spacial score (nSPS) is 16.4. The van der Waals surface area contributed by atoms with Gasteiger partial charge in [0.1, 0.15) is 5.69 Å². The van der Waals surface area contributed by atoms with Crippen molar-refractivity contribution < 1.29 is 9.90 Å². The van der Waals surface area contributed by atoms with Crippen LogP contribution in [0.5, 0.6) is 0 Å². The first-order valence-electron chi connectivity index (χ1n) is 12.3. The van der Waals surface area contributed by atoms with Crippen molar-refractivity contribution in [3.63, 3.8) is 0 Å². The molecule has 3 aromatic heterocycles. The number of carbonyl (C=O) groups is 1. The van der Waals surface area contributed by atoms with Crippen LogP contribution in [0.2, 0.25) is 0 Å². The van der Waals surface area contributed by atoms with Crippen LogP contribution >= 0.6 is 0 Å². The molecule has 1 fully saturated rings. The molecule has 0 spiro atoms. The van der Waals surface area contributed by atoms with Gasteiger partial charge in [-0.15, -0.1) is 5.10 Å². The zero-order valence-corrected chi connectivity index (χ0v) is 21.4. The molecule has 2 aromatic carbocycles. The molecule has 6 rings (SSSR count). The number of aryl methyl sites for hydroxylation is 1. The number of rotatable bonds is 5. The third-order valence-electron chi connectivity index (χ3n) is 7.33. The molecule has 9 heteroatoms. The number of anilines is 1. The Morgan fingerprint density at radius 2 is 1.81 bits per heavy atom. The van der Waals surface area contributed by atoms with Gasteiger partial charge in [0.25, 0.3) is 0 Å². The van der Waals surface area contributed by atoms with Crippen LogP contribution in [0.1, 0.15) is 28.7 Å². The Morgan fingerprint density at radius 3 is 2.62 bits per heavy atom. The van der Waals surface area contributed by atoms with Crippen molar-refractivity contribution in [3.8, 4) is 0 Å². The lowest BCUT2D eigenvalue weighted by Crippen LogP contribution is -2.52. The lowest BCUT2D eigenvalue weighted by molar-refractivity contribution is -0.255. The number of carbonyl (C=O) groups excluding carboxylic acids is 1. The predicted molar refractivity (Wildman–Crippen MR) is 144 cm³/mol. The molecule has 1 aliphatic heterocycles. The van der Waals surface area contributed by atoms with E-state index in [2.05, 4.69) is 63.4 Å². The number of carboxylic acids is 1. The van der Waals surface area contributed by atoms with Crippen LogP contribution in [0.15, 0.2) is 60.7 Å². The van der Waals surface area contributed by atoms with Crippen LogP contribution in [-0.4, -0.2) is 62.9 Å². The van der Waals surface area contributed by atoms with Crippen LogP contribution in [0.4, 0.5) is 5.69 Å².